The van der Waals surface area contributed by atoms with Crippen LogP contribution in [-0.4, -0.2) is 41.4 Å². The SMILES string of the molecule is Cc1ccc(N2CCN(c3ccnc4ccc(-c5cn[nH]c5C(F)(F)F)cc34)CC2)cc1. The summed E-state index contributed by atoms with van der Waals surface area (Å²) in [5.74, 6) is 0. The molecule has 1 fully saturated rings. The van der Waals surface area contributed by atoms with Crippen molar-refractivity contribution in [3.05, 3.63) is 72.2 Å². The van der Waals surface area contributed by atoms with Crippen molar-refractivity contribution in [1.29, 1.82) is 0 Å². The molecule has 4 aromatic rings. The van der Waals surface area contributed by atoms with Crippen molar-refractivity contribution in [1.82, 2.24) is 15.2 Å². The average Bonchev–Trinajstić information content (AvgIpc) is 3.30. The lowest BCUT2D eigenvalue weighted by Gasteiger charge is -2.37. The predicted molar refractivity (Wildman–Crippen MR) is 120 cm³/mol. The molecule has 0 radical (unpaired) electrons. The Bertz CT molecular complexity index is 1240. The first kappa shape index (κ1) is 20.4. The van der Waals surface area contributed by atoms with Gasteiger partial charge in [0.1, 0.15) is 5.69 Å². The summed E-state index contributed by atoms with van der Waals surface area (Å²) in [6, 6.07) is 15.7. The van der Waals surface area contributed by atoms with E-state index in [0.29, 0.717) is 5.56 Å². The van der Waals surface area contributed by atoms with Crippen molar-refractivity contribution in [2.45, 2.75) is 13.1 Å². The molecule has 8 heteroatoms. The highest BCUT2D eigenvalue weighted by atomic mass is 19.4. The lowest BCUT2D eigenvalue weighted by Crippen LogP contribution is -2.46. The summed E-state index contributed by atoms with van der Waals surface area (Å²) in [6.45, 7) is 5.44. The van der Waals surface area contributed by atoms with Gasteiger partial charge in [0.05, 0.1) is 11.7 Å². The van der Waals surface area contributed by atoms with Gasteiger partial charge in [0.25, 0.3) is 0 Å². The van der Waals surface area contributed by atoms with Gasteiger partial charge in [-0.05, 0) is 42.8 Å². The summed E-state index contributed by atoms with van der Waals surface area (Å²) < 4.78 is 40.1. The molecule has 3 heterocycles. The maximum Gasteiger partial charge on any atom is 0.433 e. The molecule has 2 aromatic carbocycles. The topological polar surface area (TPSA) is 48.1 Å². The van der Waals surface area contributed by atoms with Crippen molar-refractivity contribution in [2.75, 3.05) is 36.0 Å². The molecule has 2 aromatic heterocycles. The summed E-state index contributed by atoms with van der Waals surface area (Å²) in [7, 11) is 0. The monoisotopic (exact) mass is 437 g/mol. The largest absolute Gasteiger partial charge is 0.433 e. The third-order valence-corrected chi connectivity index (χ3v) is 5.97. The van der Waals surface area contributed by atoms with E-state index in [0.717, 1.165) is 42.8 Å². The van der Waals surface area contributed by atoms with E-state index in [1.165, 1.54) is 17.4 Å². The third-order valence-electron chi connectivity index (χ3n) is 5.97. The van der Waals surface area contributed by atoms with Crippen LogP contribution in [0.25, 0.3) is 22.0 Å². The van der Waals surface area contributed by atoms with Gasteiger partial charge >= 0.3 is 6.18 Å². The molecule has 0 aliphatic carbocycles. The molecule has 164 valence electrons. The number of hydrogen-bond acceptors (Lipinski definition) is 4. The molecule has 32 heavy (non-hydrogen) atoms. The molecule has 5 rings (SSSR count). The first-order valence-corrected chi connectivity index (χ1v) is 10.5. The van der Waals surface area contributed by atoms with Gasteiger partial charge in [0, 0.05) is 54.7 Å². The Hall–Kier alpha value is -3.55. The number of alkyl halides is 3. The molecular weight excluding hydrogens is 415 g/mol. The lowest BCUT2D eigenvalue weighted by molar-refractivity contribution is -0.140. The van der Waals surface area contributed by atoms with Crippen LogP contribution in [0.3, 0.4) is 0 Å². The molecule has 0 saturated carbocycles. The number of nitrogens with zero attached hydrogens (tertiary/aromatic N) is 4. The Morgan fingerprint density at radius 3 is 2.34 bits per heavy atom. The zero-order chi connectivity index (χ0) is 22.3. The summed E-state index contributed by atoms with van der Waals surface area (Å²) in [5, 5.41) is 6.55. The summed E-state index contributed by atoms with van der Waals surface area (Å²) in [6.07, 6.45) is -1.52. The van der Waals surface area contributed by atoms with Crippen LogP contribution in [0, 0.1) is 6.92 Å². The Morgan fingerprint density at radius 1 is 0.906 bits per heavy atom. The summed E-state index contributed by atoms with van der Waals surface area (Å²) in [4.78, 5) is 9.05. The van der Waals surface area contributed by atoms with Crippen molar-refractivity contribution < 1.29 is 13.2 Å². The molecule has 1 aliphatic rings. The summed E-state index contributed by atoms with van der Waals surface area (Å²) >= 11 is 0. The van der Waals surface area contributed by atoms with E-state index in [-0.39, 0.29) is 5.56 Å². The number of halogens is 3. The second-order valence-electron chi connectivity index (χ2n) is 8.03. The van der Waals surface area contributed by atoms with Crippen molar-refractivity contribution >= 4 is 22.3 Å². The number of aromatic amines is 1. The van der Waals surface area contributed by atoms with Crippen LogP contribution in [0.15, 0.2) is 60.9 Å². The van der Waals surface area contributed by atoms with Crippen LogP contribution in [-0.2, 0) is 6.18 Å². The standard InChI is InChI=1S/C24H22F3N5/c1-16-2-5-18(6-3-16)31-10-12-32(13-11-31)22-8-9-28-21-7-4-17(14-19(21)22)20-15-29-30-23(20)24(25,26)27/h2-9,14-15H,10-13H2,1H3,(H,29,30). The van der Waals surface area contributed by atoms with Gasteiger partial charge < -0.3 is 9.80 Å². The summed E-state index contributed by atoms with van der Waals surface area (Å²) in [5.41, 5.74) is 3.84. The fourth-order valence-corrected chi connectivity index (χ4v) is 4.26. The van der Waals surface area contributed by atoms with Crippen LogP contribution in [0.2, 0.25) is 0 Å². The third kappa shape index (κ3) is 3.77. The van der Waals surface area contributed by atoms with E-state index in [2.05, 4.69) is 56.2 Å². The Kier molecular flexibility index (Phi) is 5.00. The number of rotatable bonds is 3. The second kappa shape index (κ2) is 7.85. The Morgan fingerprint density at radius 2 is 1.62 bits per heavy atom. The van der Waals surface area contributed by atoms with Gasteiger partial charge in [-0.1, -0.05) is 23.8 Å². The number of hydrogen-bond donors (Lipinski definition) is 1. The normalized spacial score (nSPS) is 14.9. The first-order chi connectivity index (χ1) is 15.4. The van der Waals surface area contributed by atoms with E-state index >= 15 is 0 Å². The number of piperazine rings is 1. The van der Waals surface area contributed by atoms with Gasteiger partial charge in [-0.15, -0.1) is 0 Å². The molecule has 5 nitrogen and oxygen atoms in total. The number of nitrogens with one attached hydrogen (secondary N) is 1. The Balaban J connectivity index is 1.45. The van der Waals surface area contributed by atoms with Gasteiger partial charge in [-0.3, -0.25) is 10.1 Å². The minimum Gasteiger partial charge on any atom is -0.368 e. The highest BCUT2D eigenvalue weighted by Gasteiger charge is 2.36. The number of benzene rings is 2. The highest BCUT2D eigenvalue weighted by Crippen LogP contribution is 2.37. The van der Waals surface area contributed by atoms with Gasteiger partial charge in [-0.2, -0.15) is 18.3 Å². The maximum atomic E-state index is 13.4. The lowest BCUT2D eigenvalue weighted by atomic mass is 10.0. The molecule has 0 amide bonds. The number of H-pyrrole nitrogens is 1. The van der Waals surface area contributed by atoms with Gasteiger partial charge in [0.2, 0.25) is 0 Å². The van der Waals surface area contributed by atoms with E-state index in [1.807, 2.05) is 6.07 Å². The van der Waals surface area contributed by atoms with E-state index in [9.17, 15) is 13.2 Å². The number of aromatic nitrogens is 3. The highest BCUT2D eigenvalue weighted by molar-refractivity contribution is 5.95. The fourth-order valence-electron chi connectivity index (χ4n) is 4.26. The second-order valence-corrected chi connectivity index (χ2v) is 8.03. The number of aryl methyl sites for hydroxylation is 1. The van der Waals surface area contributed by atoms with E-state index in [4.69, 9.17) is 0 Å². The quantitative estimate of drug-likeness (QED) is 0.474. The van der Waals surface area contributed by atoms with Crippen molar-refractivity contribution in [3.8, 4) is 11.1 Å². The van der Waals surface area contributed by atoms with Crippen LogP contribution < -0.4 is 9.80 Å². The predicted octanol–water partition coefficient (Wildman–Crippen LogP) is 5.28. The zero-order valence-corrected chi connectivity index (χ0v) is 17.5. The minimum absolute atomic E-state index is 0.0402. The molecule has 1 saturated heterocycles. The molecule has 1 N–H and O–H groups in total. The number of fused-ring (bicyclic) bond motifs is 1. The van der Waals surface area contributed by atoms with Crippen LogP contribution in [0.1, 0.15) is 11.3 Å². The molecular formula is C24H22F3N5. The van der Waals surface area contributed by atoms with Crippen LogP contribution in [0.4, 0.5) is 24.5 Å². The molecule has 0 atom stereocenters. The van der Waals surface area contributed by atoms with Crippen LogP contribution in [0.5, 0.6) is 0 Å². The van der Waals surface area contributed by atoms with Gasteiger partial charge in [0.15, 0.2) is 0 Å². The fraction of sp³-hybridized carbons (Fsp3) is 0.250. The van der Waals surface area contributed by atoms with Crippen LogP contribution >= 0.6 is 0 Å². The van der Waals surface area contributed by atoms with E-state index in [1.54, 1.807) is 24.4 Å². The molecule has 0 spiro atoms. The number of pyridine rings is 1. The van der Waals surface area contributed by atoms with Crippen molar-refractivity contribution in [2.24, 2.45) is 0 Å². The number of anilines is 2. The zero-order valence-electron chi connectivity index (χ0n) is 17.5. The first-order valence-electron chi connectivity index (χ1n) is 10.5. The molecule has 0 bridgehead atoms. The molecule has 1 aliphatic heterocycles. The molecule has 0 unspecified atom stereocenters. The maximum absolute atomic E-state index is 13.4. The average molecular weight is 437 g/mol. The Labute approximate surface area is 183 Å². The van der Waals surface area contributed by atoms with Gasteiger partial charge in [-0.25, -0.2) is 0 Å². The van der Waals surface area contributed by atoms with E-state index < -0.39 is 11.9 Å². The minimum atomic E-state index is -4.50. The smallest absolute Gasteiger partial charge is 0.368 e. The van der Waals surface area contributed by atoms with Crippen molar-refractivity contribution in [3.63, 3.8) is 0 Å².